The van der Waals surface area contributed by atoms with Gasteiger partial charge in [0.1, 0.15) is 5.82 Å². The Bertz CT molecular complexity index is 422. The maximum atomic E-state index is 13.4. The van der Waals surface area contributed by atoms with Gasteiger partial charge in [-0.1, -0.05) is 18.9 Å². The highest BCUT2D eigenvalue weighted by atomic mass is 19.1. The van der Waals surface area contributed by atoms with Crippen molar-refractivity contribution in [2.45, 2.75) is 38.1 Å². The summed E-state index contributed by atoms with van der Waals surface area (Å²) in [6.45, 7) is 1.70. The summed E-state index contributed by atoms with van der Waals surface area (Å²) in [5.74, 6) is -0.340. The smallest absolute Gasteiger partial charge is 0.150 e. The third-order valence-corrected chi connectivity index (χ3v) is 3.49. The van der Waals surface area contributed by atoms with Crippen molar-refractivity contribution < 1.29 is 9.18 Å². The molecular weight excluding hydrogens is 205 g/mol. The second-order valence-electron chi connectivity index (χ2n) is 4.67. The van der Waals surface area contributed by atoms with Crippen LogP contribution in [-0.4, -0.2) is 6.29 Å². The van der Waals surface area contributed by atoms with Gasteiger partial charge in [-0.05, 0) is 37.0 Å². The minimum atomic E-state index is -0.436. The molecule has 2 nitrogen and oxygen atoms in total. The standard InChI is InChI=1S/C13H16FNO/c1-9-6-11(10(8-16)7-12(9)14)13(15)4-2-3-5-13/h6-8H,2-5,15H2,1H3. The van der Waals surface area contributed by atoms with Gasteiger partial charge in [0.15, 0.2) is 6.29 Å². The molecule has 0 unspecified atom stereocenters. The molecule has 0 spiro atoms. The maximum Gasteiger partial charge on any atom is 0.150 e. The molecule has 0 radical (unpaired) electrons. The summed E-state index contributed by atoms with van der Waals surface area (Å²) in [5, 5.41) is 0. The maximum absolute atomic E-state index is 13.4. The van der Waals surface area contributed by atoms with Crippen LogP contribution in [0.2, 0.25) is 0 Å². The number of carbonyl (C=O) groups is 1. The molecule has 1 saturated carbocycles. The number of rotatable bonds is 2. The van der Waals surface area contributed by atoms with Crippen LogP contribution in [0.4, 0.5) is 4.39 Å². The Morgan fingerprint density at radius 3 is 2.56 bits per heavy atom. The summed E-state index contributed by atoms with van der Waals surface area (Å²) in [6.07, 6.45) is 4.60. The summed E-state index contributed by atoms with van der Waals surface area (Å²) in [6, 6.07) is 3.02. The third-order valence-electron chi connectivity index (χ3n) is 3.49. The number of benzene rings is 1. The molecule has 86 valence electrons. The molecule has 1 fully saturated rings. The molecule has 0 heterocycles. The van der Waals surface area contributed by atoms with Crippen LogP contribution in [-0.2, 0) is 5.54 Å². The van der Waals surface area contributed by atoms with Gasteiger partial charge < -0.3 is 5.73 Å². The van der Waals surface area contributed by atoms with Crippen LogP contribution >= 0.6 is 0 Å². The lowest BCUT2D eigenvalue weighted by Gasteiger charge is -2.26. The first-order valence-corrected chi connectivity index (χ1v) is 5.61. The van der Waals surface area contributed by atoms with E-state index in [1.54, 1.807) is 13.0 Å². The topological polar surface area (TPSA) is 43.1 Å². The second kappa shape index (κ2) is 3.98. The van der Waals surface area contributed by atoms with E-state index in [1.807, 2.05) is 0 Å². The molecule has 1 aliphatic rings. The van der Waals surface area contributed by atoms with E-state index >= 15 is 0 Å². The van der Waals surface area contributed by atoms with Crippen molar-refractivity contribution in [3.05, 3.63) is 34.6 Å². The SMILES string of the molecule is Cc1cc(C2(N)CCCC2)c(C=O)cc1F. The number of aryl methyl sites for hydroxylation is 1. The van der Waals surface area contributed by atoms with Gasteiger partial charge in [0, 0.05) is 11.1 Å². The normalized spacial score (nSPS) is 18.7. The van der Waals surface area contributed by atoms with E-state index in [4.69, 9.17) is 5.73 Å². The minimum Gasteiger partial charge on any atom is -0.321 e. The largest absolute Gasteiger partial charge is 0.321 e. The molecular formula is C13H16FNO. The molecule has 2 rings (SSSR count). The fourth-order valence-corrected chi connectivity index (χ4v) is 2.50. The Hall–Kier alpha value is -1.22. The molecule has 0 aromatic heterocycles. The van der Waals surface area contributed by atoms with Crippen LogP contribution in [0.3, 0.4) is 0 Å². The van der Waals surface area contributed by atoms with Crippen LogP contribution in [0.1, 0.15) is 47.2 Å². The van der Waals surface area contributed by atoms with Crippen LogP contribution in [0.5, 0.6) is 0 Å². The average Bonchev–Trinajstić information content (AvgIpc) is 2.69. The zero-order chi connectivity index (χ0) is 11.8. The van der Waals surface area contributed by atoms with Crippen molar-refractivity contribution >= 4 is 6.29 Å². The molecule has 0 amide bonds. The summed E-state index contributed by atoms with van der Waals surface area (Å²) >= 11 is 0. The average molecular weight is 221 g/mol. The summed E-state index contributed by atoms with van der Waals surface area (Å²) < 4.78 is 13.4. The summed E-state index contributed by atoms with van der Waals surface area (Å²) in [5.41, 5.74) is 7.61. The Balaban J connectivity index is 2.54. The van der Waals surface area contributed by atoms with Crippen molar-refractivity contribution in [2.24, 2.45) is 5.73 Å². The summed E-state index contributed by atoms with van der Waals surface area (Å²) in [7, 11) is 0. The molecule has 2 N–H and O–H groups in total. The van der Waals surface area contributed by atoms with E-state index in [0.717, 1.165) is 31.2 Å². The van der Waals surface area contributed by atoms with Gasteiger partial charge in [0.05, 0.1) is 0 Å². The molecule has 0 aliphatic heterocycles. The van der Waals surface area contributed by atoms with Crippen LogP contribution < -0.4 is 5.73 Å². The predicted octanol–water partition coefficient (Wildman–Crippen LogP) is 2.67. The number of hydrogen-bond acceptors (Lipinski definition) is 2. The minimum absolute atomic E-state index is 0.340. The zero-order valence-electron chi connectivity index (χ0n) is 9.42. The first-order chi connectivity index (χ1) is 7.57. The quantitative estimate of drug-likeness (QED) is 0.780. The predicted molar refractivity (Wildman–Crippen MR) is 60.9 cm³/mol. The zero-order valence-corrected chi connectivity index (χ0v) is 9.42. The van der Waals surface area contributed by atoms with Gasteiger partial charge in [0.25, 0.3) is 0 Å². The molecule has 1 aliphatic carbocycles. The fraction of sp³-hybridized carbons (Fsp3) is 0.462. The number of aldehydes is 1. The monoisotopic (exact) mass is 221 g/mol. The molecule has 1 aromatic rings. The Labute approximate surface area is 94.6 Å². The molecule has 3 heteroatoms. The molecule has 1 aromatic carbocycles. The van der Waals surface area contributed by atoms with Crippen molar-refractivity contribution in [3.63, 3.8) is 0 Å². The molecule has 0 atom stereocenters. The number of nitrogens with two attached hydrogens (primary N) is 1. The van der Waals surface area contributed by atoms with Crippen LogP contribution in [0, 0.1) is 12.7 Å². The lowest BCUT2D eigenvalue weighted by molar-refractivity contribution is 0.112. The van der Waals surface area contributed by atoms with Gasteiger partial charge in [-0.15, -0.1) is 0 Å². The number of hydrogen-bond donors (Lipinski definition) is 1. The highest BCUT2D eigenvalue weighted by molar-refractivity contribution is 5.78. The van der Waals surface area contributed by atoms with E-state index in [1.165, 1.54) is 6.07 Å². The summed E-state index contributed by atoms with van der Waals surface area (Å²) in [4.78, 5) is 11.0. The fourth-order valence-electron chi connectivity index (χ4n) is 2.50. The first-order valence-electron chi connectivity index (χ1n) is 5.61. The Morgan fingerprint density at radius 2 is 2.00 bits per heavy atom. The van der Waals surface area contributed by atoms with Crippen molar-refractivity contribution in [3.8, 4) is 0 Å². The van der Waals surface area contributed by atoms with Gasteiger partial charge in [-0.25, -0.2) is 4.39 Å². The van der Waals surface area contributed by atoms with E-state index in [-0.39, 0.29) is 5.82 Å². The first kappa shape index (κ1) is 11.3. The van der Waals surface area contributed by atoms with Gasteiger partial charge in [-0.2, -0.15) is 0 Å². The second-order valence-corrected chi connectivity index (χ2v) is 4.67. The van der Waals surface area contributed by atoms with Gasteiger partial charge in [0.2, 0.25) is 0 Å². The van der Waals surface area contributed by atoms with E-state index < -0.39 is 5.54 Å². The highest BCUT2D eigenvalue weighted by Crippen LogP contribution is 2.38. The van der Waals surface area contributed by atoms with E-state index in [9.17, 15) is 9.18 Å². The van der Waals surface area contributed by atoms with Crippen LogP contribution in [0.25, 0.3) is 0 Å². The van der Waals surface area contributed by atoms with E-state index in [0.29, 0.717) is 17.4 Å². The van der Waals surface area contributed by atoms with E-state index in [2.05, 4.69) is 0 Å². The van der Waals surface area contributed by atoms with Gasteiger partial charge in [-0.3, -0.25) is 4.79 Å². The van der Waals surface area contributed by atoms with Crippen LogP contribution in [0.15, 0.2) is 12.1 Å². The Morgan fingerprint density at radius 1 is 1.38 bits per heavy atom. The van der Waals surface area contributed by atoms with Crippen molar-refractivity contribution in [2.75, 3.05) is 0 Å². The van der Waals surface area contributed by atoms with Crippen molar-refractivity contribution in [1.82, 2.24) is 0 Å². The third kappa shape index (κ3) is 1.76. The Kier molecular flexibility index (Phi) is 2.80. The molecule has 0 bridgehead atoms. The number of halogens is 1. The molecule has 0 saturated heterocycles. The highest BCUT2D eigenvalue weighted by Gasteiger charge is 2.33. The lowest BCUT2D eigenvalue weighted by atomic mass is 9.85. The van der Waals surface area contributed by atoms with Crippen molar-refractivity contribution in [1.29, 1.82) is 0 Å². The van der Waals surface area contributed by atoms with Gasteiger partial charge >= 0.3 is 0 Å². The number of carbonyl (C=O) groups excluding carboxylic acids is 1. The molecule has 16 heavy (non-hydrogen) atoms. The lowest BCUT2D eigenvalue weighted by Crippen LogP contribution is -2.34.